The van der Waals surface area contributed by atoms with Gasteiger partial charge in [-0.15, -0.1) is 0 Å². The van der Waals surface area contributed by atoms with E-state index in [1.165, 1.54) is 6.08 Å². The summed E-state index contributed by atoms with van der Waals surface area (Å²) < 4.78 is 5.88. The molecule has 114 valence electrons. The number of hydrogen-bond donors (Lipinski definition) is 2. The molecular weight excluding hydrogens is 336 g/mol. The van der Waals surface area contributed by atoms with Crippen molar-refractivity contribution < 1.29 is 14.6 Å². The van der Waals surface area contributed by atoms with E-state index in [4.69, 9.17) is 4.74 Å². The molecule has 0 amide bonds. The Morgan fingerprint density at radius 1 is 1.52 bits per heavy atom. The van der Waals surface area contributed by atoms with Crippen LogP contribution in [-0.2, 0) is 16.1 Å². The molecule has 0 heterocycles. The molecule has 1 aromatic carbocycles. The molecule has 0 aromatic heterocycles. The smallest absolute Gasteiger partial charge is 0.354 e. The van der Waals surface area contributed by atoms with Gasteiger partial charge in [0.2, 0.25) is 0 Å². The summed E-state index contributed by atoms with van der Waals surface area (Å²) in [5, 5.41) is 12.1. The highest BCUT2D eigenvalue weighted by Gasteiger charge is 2.09. The minimum absolute atomic E-state index is 0.251. The molecular formula is C15H19BrN2O3. The second-order valence-electron chi connectivity index (χ2n) is 4.12. The van der Waals surface area contributed by atoms with Crippen LogP contribution in [0, 0.1) is 0 Å². The third-order valence-electron chi connectivity index (χ3n) is 2.59. The fourth-order valence-corrected chi connectivity index (χ4v) is 2.02. The maximum Gasteiger partial charge on any atom is 0.354 e. The molecule has 0 saturated carbocycles. The van der Waals surface area contributed by atoms with Gasteiger partial charge in [-0.05, 0) is 30.7 Å². The average Bonchev–Trinajstić information content (AvgIpc) is 2.48. The first kappa shape index (κ1) is 17.4. The molecule has 1 aromatic rings. The summed E-state index contributed by atoms with van der Waals surface area (Å²) in [6.07, 6.45) is 1.50. The van der Waals surface area contributed by atoms with Crippen LogP contribution >= 0.6 is 15.9 Å². The number of hydrogen-bond acceptors (Lipinski definition) is 5. The van der Waals surface area contributed by atoms with Crippen molar-refractivity contribution in [3.8, 4) is 0 Å². The van der Waals surface area contributed by atoms with E-state index in [1.807, 2.05) is 24.3 Å². The van der Waals surface area contributed by atoms with Gasteiger partial charge in [-0.2, -0.15) is 0 Å². The quantitative estimate of drug-likeness (QED) is 0.446. The fourth-order valence-electron chi connectivity index (χ4n) is 1.58. The molecule has 0 saturated heterocycles. The van der Waals surface area contributed by atoms with Gasteiger partial charge < -0.3 is 15.2 Å². The number of carbonyl (C=O) groups excluding carboxylic acids is 1. The number of ether oxygens (including phenoxy) is 1. The topological polar surface area (TPSA) is 70.9 Å². The van der Waals surface area contributed by atoms with Gasteiger partial charge in [0.1, 0.15) is 5.70 Å². The summed E-state index contributed by atoms with van der Waals surface area (Å²) in [6, 6.07) is 7.74. The lowest BCUT2D eigenvalue weighted by molar-refractivity contribution is -0.138. The number of nitrogens with zero attached hydrogens (tertiary/aromatic N) is 1. The summed E-state index contributed by atoms with van der Waals surface area (Å²) in [7, 11) is 1.62. The second kappa shape index (κ2) is 9.31. The lowest BCUT2D eigenvalue weighted by Crippen LogP contribution is -2.20. The average molecular weight is 355 g/mol. The number of carbonyl (C=O) groups is 1. The van der Waals surface area contributed by atoms with Gasteiger partial charge in [0.15, 0.2) is 0 Å². The van der Waals surface area contributed by atoms with Crippen molar-refractivity contribution in [3.05, 3.63) is 46.1 Å². The third kappa shape index (κ3) is 6.10. The number of esters is 1. The van der Waals surface area contributed by atoms with Crippen LogP contribution in [0.2, 0.25) is 0 Å². The molecule has 0 fully saturated rings. The minimum atomic E-state index is -0.469. The highest BCUT2D eigenvalue weighted by Crippen LogP contribution is 2.12. The number of aliphatic hydroxyl groups is 1. The van der Waals surface area contributed by atoms with Crippen LogP contribution < -0.4 is 5.32 Å². The Labute approximate surface area is 132 Å². The first-order valence-corrected chi connectivity index (χ1v) is 7.35. The molecule has 0 bridgehead atoms. The summed E-state index contributed by atoms with van der Waals surface area (Å²) in [6.45, 7) is 2.20. The fraction of sp³-hybridized carbons (Fsp3) is 0.333. The summed E-state index contributed by atoms with van der Waals surface area (Å²) in [4.78, 5) is 16.0. The van der Waals surface area contributed by atoms with Crippen LogP contribution in [0.4, 0.5) is 0 Å². The van der Waals surface area contributed by atoms with Crippen LogP contribution in [0.5, 0.6) is 0 Å². The van der Waals surface area contributed by atoms with Gasteiger partial charge in [-0.1, -0.05) is 28.1 Å². The molecule has 2 N–H and O–H groups in total. The van der Waals surface area contributed by atoms with E-state index in [0.29, 0.717) is 18.9 Å². The van der Waals surface area contributed by atoms with Gasteiger partial charge in [0.25, 0.3) is 0 Å². The second-order valence-corrected chi connectivity index (χ2v) is 5.04. The Hall–Kier alpha value is -1.66. The van der Waals surface area contributed by atoms with E-state index in [9.17, 15) is 9.90 Å². The highest BCUT2D eigenvalue weighted by atomic mass is 79.9. The monoisotopic (exact) mass is 354 g/mol. The molecule has 0 unspecified atom stereocenters. The molecule has 1 rings (SSSR count). The Kier molecular flexibility index (Phi) is 7.71. The molecule has 0 spiro atoms. The standard InChI is InChI=1S/C15H19BrN2O3/c1-3-21-15(20)14(17-2)8-13(10-19)18-9-11-5-4-6-12(16)7-11/h4-8,17,19H,3,9-10H2,1-2H3/b14-8-,18-13-. The Morgan fingerprint density at radius 3 is 2.86 bits per heavy atom. The van der Waals surface area contributed by atoms with Gasteiger partial charge >= 0.3 is 5.97 Å². The predicted molar refractivity (Wildman–Crippen MR) is 86.1 cm³/mol. The lowest BCUT2D eigenvalue weighted by atomic mass is 10.2. The van der Waals surface area contributed by atoms with Gasteiger partial charge in [0, 0.05) is 11.5 Å². The van der Waals surface area contributed by atoms with Crippen molar-refractivity contribution in [2.24, 2.45) is 4.99 Å². The van der Waals surface area contributed by atoms with Crippen molar-refractivity contribution in [1.82, 2.24) is 5.32 Å². The largest absolute Gasteiger partial charge is 0.461 e. The molecule has 0 atom stereocenters. The Bertz CT molecular complexity index is 541. The minimum Gasteiger partial charge on any atom is -0.461 e. The summed E-state index contributed by atoms with van der Waals surface area (Å²) in [5.41, 5.74) is 1.68. The van der Waals surface area contributed by atoms with Crippen LogP contribution in [0.25, 0.3) is 0 Å². The van der Waals surface area contributed by atoms with E-state index in [2.05, 4.69) is 26.2 Å². The number of halogens is 1. The van der Waals surface area contributed by atoms with E-state index >= 15 is 0 Å². The number of benzene rings is 1. The van der Waals surface area contributed by atoms with Crippen molar-refractivity contribution in [1.29, 1.82) is 0 Å². The molecule has 6 heteroatoms. The highest BCUT2D eigenvalue weighted by molar-refractivity contribution is 9.10. The van der Waals surface area contributed by atoms with Gasteiger partial charge in [0.05, 0.1) is 25.5 Å². The normalized spacial score (nSPS) is 12.2. The first-order chi connectivity index (χ1) is 10.1. The Morgan fingerprint density at radius 2 is 2.29 bits per heavy atom. The Balaban J connectivity index is 2.85. The van der Waals surface area contributed by atoms with Crippen LogP contribution in [0.15, 0.2) is 45.5 Å². The molecule has 0 aliphatic heterocycles. The molecule has 0 radical (unpaired) electrons. The van der Waals surface area contributed by atoms with E-state index in [1.54, 1.807) is 14.0 Å². The van der Waals surface area contributed by atoms with E-state index in [0.717, 1.165) is 10.0 Å². The SMILES string of the molecule is CCOC(=O)/C(=C/C(CO)=N/Cc1cccc(Br)c1)NC. The zero-order valence-corrected chi connectivity index (χ0v) is 13.7. The van der Waals surface area contributed by atoms with E-state index < -0.39 is 5.97 Å². The zero-order chi connectivity index (χ0) is 15.7. The van der Waals surface area contributed by atoms with Crippen molar-refractivity contribution in [2.45, 2.75) is 13.5 Å². The van der Waals surface area contributed by atoms with Gasteiger partial charge in [-0.3, -0.25) is 4.99 Å². The van der Waals surface area contributed by atoms with Crippen molar-refractivity contribution in [3.63, 3.8) is 0 Å². The first-order valence-electron chi connectivity index (χ1n) is 6.55. The number of rotatable bonds is 7. The maximum absolute atomic E-state index is 11.6. The summed E-state index contributed by atoms with van der Waals surface area (Å²) >= 11 is 3.39. The maximum atomic E-state index is 11.6. The third-order valence-corrected chi connectivity index (χ3v) is 3.08. The van der Waals surface area contributed by atoms with Crippen molar-refractivity contribution in [2.75, 3.05) is 20.3 Å². The number of aliphatic imine (C=N–C) groups is 1. The molecule has 5 nitrogen and oxygen atoms in total. The van der Waals surface area contributed by atoms with Crippen LogP contribution in [-0.4, -0.2) is 37.0 Å². The van der Waals surface area contributed by atoms with E-state index in [-0.39, 0.29) is 12.3 Å². The van der Waals surface area contributed by atoms with Crippen LogP contribution in [0.1, 0.15) is 12.5 Å². The number of aliphatic hydroxyl groups excluding tert-OH is 1. The number of nitrogens with one attached hydrogen (secondary N) is 1. The molecule has 0 aliphatic carbocycles. The van der Waals surface area contributed by atoms with Gasteiger partial charge in [-0.25, -0.2) is 4.79 Å². The lowest BCUT2D eigenvalue weighted by Gasteiger charge is -2.07. The predicted octanol–water partition coefficient (Wildman–Crippen LogP) is 2.05. The zero-order valence-electron chi connectivity index (χ0n) is 12.1. The summed E-state index contributed by atoms with van der Waals surface area (Å²) in [5.74, 6) is -0.469. The molecule has 0 aliphatic rings. The molecule has 21 heavy (non-hydrogen) atoms. The van der Waals surface area contributed by atoms with Crippen LogP contribution in [0.3, 0.4) is 0 Å². The number of likely N-dealkylation sites (N-methyl/N-ethyl adjacent to an activating group) is 1. The van der Waals surface area contributed by atoms with Crippen molar-refractivity contribution >= 4 is 27.6 Å².